The van der Waals surface area contributed by atoms with Crippen LogP contribution < -0.4 is 24.4 Å². The number of carbonyl (C=O) groups is 3. The second kappa shape index (κ2) is 13.7. The first-order valence-electron chi connectivity index (χ1n) is 13.4. The van der Waals surface area contributed by atoms with Crippen molar-refractivity contribution in [1.29, 1.82) is 0 Å². The molecule has 0 radical (unpaired) electrons. The Morgan fingerprint density at radius 1 is 0.867 bits per heavy atom. The SMILES string of the molecule is COc1cc(C(=O)Oc2ccccc2C=NNC(=O)c2[nH]c3c(OC)ccc(Br)c3c2-c2ccccc2Cl)ccc1OC(C)=O. The third kappa shape index (κ3) is 6.69. The number of benzene rings is 4. The number of nitrogens with one attached hydrogen (secondary N) is 2. The van der Waals surface area contributed by atoms with Gasteiger partial charge in [0.25, 0.3) is 5.91 Å². The first kappa shape index (κ1) is 31.3. The number of para-hydroxylation sites is 1. The Bertz CT molecular complexity index is 1970. The van der Waals surface area contributed by atoms with E-state index in [0.717, 1.165) is 4.47 Å². The van der Waals surface area contributed by atoms with Gasteiger partial charge in [0.1, 0.15) is 17.2 Å². The second-order valence-corrected chi connectivity index (χ2v) is 10.7. The number of hydrogen-bond donors (Lipinski definition) is 2. The van der Waals surface area contributed by atoms with Crippen molar-refractivity contribution in [1.82, 2.24) is 10.4 Å². The molecule has 5 rings (SSSR count). The molecule has 0 unspecified atom stereocenters. The summed E-state index contributed by atoms with van der Waals surface area (Å²) in [5, 5.41) is 5.31. The van der Waals surface area contributed by atoms with Crippen molar-refractivity contribution in [2.45, 2.75) is 6.92 Å². The summed E-state index contributed by atoms with van der Waals surface area (Å²) >= 11 is 10.2. The van der Waals surface area contributed by atoms with Crippen molar-refractivity contribution >= 4 is 62.5 Å². The van der Waals surface area contributed by atoms with Gasteiger partial charge < -0.3 is 23.9 Å². The number of nitrogens with zero attached hydrogens (tertiary/aromatic N) is 1. The molecule has 0 saturated carbocycles. The van der Waals surface area contributed by atoms with Crippen LogP contribution in [0.3, 0.4) is 0 Å². The number of halogens is 2. The fourth-order valence-electron chi connectivity index (χ4n) is 4.60. The van der Waals surface area contributed by atoms with Gasteiger partial charge in [0.05, 0.1) is 31.5 Å². The molecule has 4 aromatic carbocycles. The van der Waals surface area contributed by atoms with Crippen LogP contribution in [0.25, 0.3) is 22.0 Å². The number of amides is 1. The monoisotopic (exact) mass is 689 g/mol. The first-order valence-corrected chi connectivity index (χ1v) is 14.5. The highest BCUT2D eigenvalue weighted by atomic mass is 79.9. The summed E-state index contributed by atoms with van der Waals surface area (Å²) in [5.41, 5.74) is 5.15. The minimum Gasteiger partial charge on any atom is -0.495 e. The molecule has 228 valence electrons. The van der Waals surface area contributed by atoms with Crippen LogP contribution in [-0.4, -0.2) is 43.3 Å². The third-order valence-corrected chi connectivity index (χ3v) is 7.59. The fourth-order valence-corrected chi connectivity index (χ4v) is 5.36. The van der Waals surface area contributed by atoms with E-state index in [-0.39, 0.29) is 28.5 Å². The lowest BCUT2D eigenvalue weighted by molar-refractivity contribution is -0.132. The Hall–Kier alpha value is -5.13. The topological polar surface area (TPSA) is 128 Å². The molecule has 5 aromatic rings. The van der Waals surface area contributed by atoms with Crippen molar-refractivity contribution in [2.75, 3.05) is 14.2 Å². The summed E-state index contributed by atoms with van der Waals surface area (Å²) < 4.78 is 22.2. The van der Waals surface area contributed by atoms with Gasteiger partial charge in [-0.3, -0.25) is 9.59 Å². The summed E-state index contributed by atoms with van der Waals surface area (Å²) in [6.07, 6.45) is 1.36. The third-order valence-electron chi connectivity index (χ3n) is 6.60. The summed E-state index contributed by atoms with van der Waals surface area (Å²) in [6.45, 7) is 1.26. The van der Waals surface area contributed by atoms with Crippen LogP contribution in [0.4, 0.5) is 0 Å². The number of methoxy groups -OCH3 is 2. The van der Waals surface area contributed by atoms with Crippen LogP contribution in [0.15, 0.2) is 88.4 Å². The number of H-pyrrole nitrogens is 1. The van der Waals surface area contributed by atoms with E-state index in [1.807, 2.05) is 18.2 Å². The number of hydrazone groups is 1. The number of aromatic nitrogens is 1. The van der Waals surface area contributed by atoms with Gasteiger partial charge in [-0.1, -0.05) is 57.9 Å². The van der Waals surface area contributed by atoms with E-state index in [1.165, 1.54) is 38.4 Å². The van der Waals surface area contributed by atoms with Crippen molar-refractivity contribution in [3.05, 3.63) is 105 Å². The van der Waals surface area contributed by atoms with Crippen LogP contribution in [0.1, 0.15) is 33.3 Å². The highest BCUT2D eigenvalue weighted by molar-refractivity contribution is 9.10. The molecule has 0 atom stereocenters. The highest BCUT2D eigenvalue weighted by Crippen LogP contribution is 2.43. The number of aromatic amines is 1. The molecular formula is C33H25BrClN3O7. The van der Waals surface area contributed by atoms with E-state index in [4.69, 9.17) is 30.5 Å². The van der Waals surface area contributed by atoms with Crippen LogP contribution in [0.2, 0.25) is 5.02 Å². The summed E-state index contributed by atoms with van der Waals surface area (Å²) in [4.78, 5) is 41.0. The van der Waals surface area contributed by atoms with E-state index in [1.54, 1.807) is 49.6 Å². The molecule has 10 nitrogen and oxygen atoms in total. The molecule has 12 heteroatoms. The molecule has 1 aromatic heterocycles. The van der Waals surface area contributed by atoms with Crippen LogP contribution >= 0.6 is 27.5 Å². The smallest absolute Gasteiger partial charge is 0.343 e. The average molecular weight is 691 g/mol. The molecule has 1 amide bonds. The fraction of sp³-hybridized carbons (Fsp3) is 0.0909. The Morgan fingerprint density at radius 3 is 2.31 bits per heavy atom. The molecular weight excluding hydrogens is 666 g/mol. The minimum absolute atomic E-state index is 0.162. The molecule has 0 aliphatic carbocycles. The maximum Gasteiger partial charge on any atom is 0.343 e. The van der Waals surface area contributed by atoms with Gasteiger partial charge in [-0.25, -0.2) is 10.2 Å². The molecule has 1 heterocycles. The number of rotatable bonds is 9. The predicted octanol–water partition coefficient (Wildman–Crippen LogP) is 7.18. The molecule has 0 fully saturated rings. The number of hydrogen-bond acceptors (Lipinski definition) is 8. The molecule has 0 saturated heterocycles. The number of carbonyl (C=O) groups excluding carboxylic acids is 3. The van der Waals surface area contributed by atoms with Crippen molar-refractivity contribution in [2.24, 2.45) is 5.10 Å². The van der Waals surface area contributed by atoms with Gasteiger partial charge in [0.15, 0.2) is 11.5 Å². The van der Waals surface area contributed by atoms with Crippen molar-refractivity contribution in [3.63, 3.8) is 0 Å². The lowest BCUT2D eigenvalue weighted by atomic mass is 10.0. The van der Waals surface area contributed by atoms with Crippen molar-refractivity contribution in [3.8, 4) is 34.1 Å². The van der Waals surface area contributed by atoms with Gasteiger partial charge in [0.2, 0.25) is 0 Å². The predicted molar refractivity (Wildman–Crippen MR) is 174 cm³/mol. The zero-order chi connectivity index (χ0) is 32.1. The molecule has 2 N–H and O–H groups in total. The number of fused-ring (bicyclic) bond motifs is 1. The van der Waals surface area contributed by atoms with Crippen LogP contribution in [0.5, 0.6) is 23.0 Å². The largest absolute Gasteiger partial charge is 0.495 e. The molecule has 0 spiro atoms. The molecule has 45 heavy (non-hydrogen) atoms. The van der Waals surface area contributed by atoms with Gasteiger partial charge in [-0.2, -0.15) is 5.10 Å². The van der Waals surface area contributed by atoms with Crippen LogP contribution in [0, 0.1) is 0 Å². The Balaban J connectivity index is 1.41. The zero-order valence-corrected chi connectivity index (χ0v) is 26.5. The van der Waals surface area contributed by atoms with E-state index < -0.39 is 17.8 Å². The molecule has 0 aliphatic heterocycles. The van der Waals surface area contributed by atoms with Crippen molar-refractivity contribution < 1.29 is 33.3 Å². The van der Waals surface area contributed by atoms with E-state index in [2.05, 4.69) is 31.4 Å². The standard InChI is InChI=1S/C33H25BrClN3O7/c1-18(39)44-25-14-12-19(16-27(25)43-3)33(41)45-24-11-7-4-8-20(24)17-36-38-32(40)31-28(21-9-5-6-10-23(21)35)29-22(34)13-15-26(42-2)30(29)37-31/h4-17,37H,1-3H3,(H,38,40). The maximum atomic E-state index is 13.5. The molecule has 0 bridgehead atoms. The quantitative estimate of drug-likeness (QED) is 0.0726. The van der Waals surface area contributed by atoms with E-state index >= 15 is 0 Å². The first-order chi connectivity index (χ1) is 21.7. The van der Waals surface area contributed by atoms with Gasteiger partial charge >= 0.3 is 11.9 Å². The molecule has 0 aliphatic rings. The average Bonchev–Trinajstić information content (AvgIpc) is 3.43. The lowest BCUT2D eigenvalue weighted by Gasteiger charge is -2.11. The number of ether oxygens (including phenoxy) is 4. The number of esters is 2. The second-order valence-electron chi connectivity index (χ2n) is 9.44. The van der Waals surface area contributed by atoms with E-state index in [9.17, 15) is 14.4 Å². The van der Waals surface area contributed by atoms with Gasteiger partial charge in [-0.15, -0.1) is 0 Å². The Kier molecular flexibility index (Phi) is 9.50. The lowest BCUT2D eigenvalue weighted by Crippen LogP contribution is -2.19. The summed E-state index contributed by atoms with van der Waals surface area (Å²) in [5.74, 6) is -0.659. The summed E-state index contributed by atoms with van der Waals surface area (Å²) in [6, 6.07) is 21.8. The van der Waals surface area contributed by atoms with Gasteiger partial charge in [-0.05, 0) is 48.5 Å². The zero-order valence-electron chi connectivity index (χ0n) is 24.1. The minimum atomic E-state index is -0.686. The Morgan fingerprint density at radius 2 is 1.58 bits per heavy atom. The Labute approximate surface area is 271 Å². The summed E-state index contributed by atoms with van der Waals surface area (Å²) in [7, 11) is 2.93. The highest BCUT2D eigenvalue weighted by Gasteiger charge is 2.24. The van der Waals surface area contributed by atoms with Crippen LogP contribution in [-0.2, 0) is 4.79 Å². The van der Waals surface area contributed by atoms with E-state index in [0.29, 0.717) is 38.4 Å². The normalized spacial score (nSPS) is 11.0. The maximum absolute atomic E-state index is 13.5. The van der Waals surface area contributed by atoms with Gasteiger partial charge in [0, 0.05) is 38.5 Å².